The molecule has 5 heteroatoms. The number of hydrogen-bond acceptors (Lipinski definition) is 3. The van der Waals surface area contributed by atoms with Gasteiger partial charge in [0.05, 0.1) is 11.6 Å². The van der Waals surface area contributed by atoms with E-state index >= 15 is 0 Å². The van der Waals surface area contributed by atoms with E-state index in [-0.39, 0.29) is 0 Å². The molecule has 0 spiro atoms. The molecule has 4 rings (SSSR count). The molecule has 0 saturated carbocycles. The monoisotopic (exact) mass is 375 g/mol. The number of hydrogen-bond donors (Lipinski definition) is 0. The van der Waals surface area contributed by atoms with Crippen LogP contribution in [0.3, 0.4) is 0 Å². The normalized spacial score (nSPS) is 10.7. The summed E-state index contributed by atoms with van der Waals surface area (Å²) in [6, 6.07) is 24.2. The highest BCUT2D eigenvalue weighted by Gasteiger charge is 2.07. The smallest absolute Gasteiger partial charge is 0.138 e. The third-order valence-electron chi connectivity index (χ3n) is 4.24. The molecule has 0 aliphatic carbocycles. The fraction of sp³-hybridized carbons (Fsp3) is 0.0909. The maximum absolute atomic E-state index is 6.45. The Kier molecular flexibility index (Phi) is 5.17. The summed E-state index contributed by atoms with van der Waals surface area (Å²) < 4.78 is 7.66. The van der Waals surface area contributed by atoms with Gasteiger partial charge in [-0.3, -0.25) is 0 Å². The highest BCUT2D eigenvalue weighted by Crippen LogP contribution is 2.31. The molecular formula is C22H18ClN3O. The highest BCUT2D eigenvalue weighted by molar-refractivity contribution is 6.32. The van der Waals surface area contributed by atoms with Crippen LogP contribution in [0.15, 0.2) is 85.5 Å². The van der Waals surface area contributed by atoms with E-state index in [9.17, 15) is 0 Å². The zero-order chi connectivity index (χ0) is 18.5. The highest BCUT2D eigenvalue weighted by atomic mass is 35.5. The number of rotatable bonds is 6. The first-order chi connectivity index (χ1) is 13.3. The average Bonchev–Trinajstić information content (AvgIpc) is 3.21. The fourth-order valence-corrected chi connectivity index (χ4v) is 3.12. The molecule has 3 aromatic carbocycles. The van der Waals surface area contributed by atoms with E-state index in [0.717, 1.165) is 22.3 Å². The van der Waals surface area contributed by atoms with Crippen LogP contribution < -0.4 is 4.74 Å². The number of nitrogens with zero attached hydrogens (tertiary/aromatic N) is 3. The minimum Gasteiger partial charge on any atom is -0.487 e. The number of ether oxygens (including phenoxy) is 1. The van der Waals surface area contributed by atoms with Crippen molar-refractivity contribution in [1.82, 2.24) is 14.8 Å². The Morgan fingerprint density at radius 3 is 2.44 bits per heavy atom. The zero-order valence-corrected chi connectivity index (χ0v) is 15.4. The van der Waals surface area contributed by atoms with Crippen molar-refractivity contribution in [3.63, 3.8) is 0 Å². The molecule has 134 valence electrons. The van der Waals surface area contributed by atoms with E-state index < -0.39 is 0 Å². The summed E-state index contributed by atoms with van der Waals surface area (Å²) in [6.45, 7) is 1.17. The Balaban J connectivity index is 1.50. The fourth-order valence-electron chi connectivity index (χ4n) is 2.88. The lowest BCUT2D eigenvalue weighted by Crippen LogP contribution is -1.99. The minimum atomic E-state index is 0.493. The molecule has 0 N–H and O–H groups in total. The van der Waals surface area contributed by atoms with Crippen molar-refractivity contribution < 1.29 is 4.74 Å². The van der Waals surface area contributed by atoms with Gasteiger partial charge in [-0.15, -0.1) is 0 Å². The molecule has 4 nitrogen and oxygen atoms in total. The standard InChI is InChI=1S/C22H18ClN3O/c23-21-12-20(9-10-22(21)27-14-17-5-2-1-3-6-17)19-8-4-7-18(11-19)13-26-16-24-15-25-26/h1-12,15-16H,13-14H2. The largest absolute Gasteiger partial charge is 0.487 e. The summed E-state index contributed by atoms with van der Waals surface area (Å²) in [4.78, 5) is 3.98. The Labute approximate surface area is 163 Å². The van der Waals surface area contributed by atoms with Crippen LogP contribution >= 0.6 is 11.6 Å². The van der Waals surface area contributed by atoms with Crippen LogP contribution in [-0.2, 0) is 13.2 Å². The van der Waals surface area contributed by atoms with Gasteiger partial charge in [-0.1, -0.05) is 66.2 Å². The predicted molar refractivity (Wildman–Crippen MR) is 107 cm³/mol. The molecule has 1 aromatic heterocycles. The summed E-state index contributed by atoms with van der Waals surface area (Å²) in [5.41, 5.74) is 4.41. The average molecular weight is 376 g/mol. The number of benzene rings is 3. The lowest BCUT2D eigenvalue weighted by atomic mass is 10.0. The Morgan fingerprint density at radius 2 is 1.67 bits per heavy atom. The number of halogens is 1. The third-order valence-corrected chi connectivity index (χ3v) is 4.54. The van der Waals surface area contributed by atoms with Gasteiger partial charge in [0, 0.05) is 0 Å². The Hall–Kier alpha value is -3.11. The van der Waals surface area contributed by atoms with Crippen molar-refractivity contribution in [3.8, 4) is 16.9 Å². The lowest BCUT2D eigenvalue weighted by Gasteiger charge is -2.11. The van der Waals surface area contributed by atoms with Crippen LogP contribution in [0, 0.1) is 0 Å². The molecule has 0 aliphatic rings. The summed E-state index contributed by atoms with van der Waals surface area (Å²) in [5.74, 6) is 0.683. The van der Waals surface area contributed by atoms with Gasteiger partial charge in [0.15, 0.2) is 0 Å². The van der Waals surface area contributed by atoms with Crippen molar-refractivity contribution in [2.45, 2.75) is 13.2 Å². The molecule has 0 radical (unpaired) electrons. The van der Waals surface area contributed by atoms with Crippen LogP contribution in [-0.4, -0.2) is 14.8 Å². The second-order valence-electron chi connectivity index (χ2n) is 6.21. The van der Waals surface area contributed by atoms with Crippen LogP contribution in [0.4, 0.5) is 0 Å². The van der Waals surface area contributed by atoms with E-state index in [1.165, 1.54) is 6.33 Å². The minimum absolute atomic E-state index is 0.493. The molecular weight excluding hydrogens is 358 g/mol. The van der Waals surface area contributed by atoms with Crippen molar-refractivity contribution in [2.75, 3.05) is 0 Å². The van der Waals surface area contributed by atoms with Gasteiger partial charge < -0.3 is 4.74 Å². The van der Waals surface area contributed by atoms with Crippen molar-refractivity contribution in [3.05, 3.63) is 102 Å². The van der Waals surface area contributed by atoms with E-state index in [1.807, 2.05) is 54.6 Å². The summed E-state index contributed by atoms with van der Waals surface area (Å²) in [5, 5.41) is 4.75. The van der Waals surface area contributed by atoms with E-state index in [2.05, 4.69) is 28.3 Å². The molecule has 0 unspecified atom stereocenters. The first-order valence-corrected chi connectivity index (χ1v) is 9.04. The van der Waals surface area contributed by atoms with Crippen LogP contribution in [0.25, 0.3) is 11.1 Å². The van der Waals surface area contributed by atoms with Crippen LogP contribution in [0.1, 0.15) is 11.1 Å². The van der Waals surface area contributed by atoms with E-state index in [4.69, 9.17) is 16.3 Å². The molecule has 0 aliphatic heterocycles. The molecule has 1 heterocycles. The van der Waals surface area contributed by atoms with Gasteiger partial charge in [0.1, 0.15) is 25.0 Å². The second kappa shape index (κ2) is 8.06. The topological polar surface area (TPSA) is 39.9 Å². The summed E-state index contributed by atoms with van der Waals surface area (Å²) in [6.07, 6.45) is 3.25. The van der Waals surface area contributed by atoms with E-state index in [1.54, 1.807) is 11.0 Å². The molecule has 4 aromatic rings. The maximum atomic E-state index is 6.45. The van der Waals surface area contributed by atoms with Crippen molar-refractivity contribution in [2.24, 2.45) is 0 Å². The van der Waals surface area contributed by atoms with Crippen molar-refractivity contribution >= 4 is 11.6 Å². The molecule has 0 bridgehead atoms. The SMILES string of the molecule is Clc1cc(-c2cccc(Cn3cncn3)c2)ccc1OCc1ccccc1. The van der Waals surface area contributed by atoms with Gasteiger partial charge in [0.2, 0.25) is 0 Å². The molecule has 0 amide bonds. The van der Waals surface area contributed by atoms with E-state index in [0.29, 0.717) is 23.9 Å². The Bertz CT molecular complexity index is 1020. The first kappa shape index (κ1) is 17.3. The predicted octanol–water partition coefficient (Wildman–Crippen LogP) is 5.23. The quantitative estimate of drug-likeness (QED) is 0.463. The molecule has 0 fully saturated rings. The third kappa shape index (κ3) is 4.36. The van der Waals surface area contributed by atoms with Gasteiger partial charge >= 0.3 is 0 Å². The van der Waals surface area contributed by atoms with Crippen molar-refractivity contribution in [1.29, 1.82) is 0 Å². The van der Waals surface area contributed by atoms with Gasteiger partial charge in [-0.25, -0.2) is 9.67 Å². The van der Waals surface area contributed by atoms with Crippen LogP contribution in [0.5, 0.6) is 5.75 Å². The molecule has 27 heavy (non-hydrogen) atoms. The first-order valence-electron chi connectivity index (χ1n) is 8.66. The molecule has 0 atom stereocenters. The summed E-state index contributed by atoms with van der Waals surface area (Å²) >= 11 is 6.45. The number of aromatic nitrogens is 3. The second-order valence-corrected chi connectivity index (χ2v) is 6.62. The van der Waals surface area contributed by atoms with Gasteiger partial charge in [-0.05, 0) is 40.5 Å². The van der Waals surface area contributed by atoms with Gasteiger partial charge in [-0.2, -0.15) is 5.10 Å². The van der Waals surface area contributed by atoms with Gasteiger partial charge in [0.25, 0.3) is 0 Å². The summed E-state index contributed by atoms with van der Waals surface area (Å²) in [7, 11) is 0. The molecule has 0 saturated heterocycles. The van der Waals surface area contributed by atoms with Crippen LogP contribution in [0.2, 0.25) is 5.02 Å². The zero-order valence-electron chi connectivity index (χ0n) is 14.6. The maximum Gasteiger partial charge on any atom is 0.138 e. The lowest BCUT2D eigenvalue weighted by molar-refractivity contribution is 0.306. The Morgan fingerprint density at radius 1 is 0.852 bits per heavy atom.